The van der Waals surface area contributed by atoms with Crippen LogP contribution in [0.25, 0.3) is 0 Å². The van der Waals surface area contributed by atoms with Crippen molar-refractivity contribution in [1.29, 1.82) is 0 Å². The molecule has 0 aromatic rings. The average Bonchev–Trinajstić information content (AvgIpc) is 2.27. The number of rotatable bonds is 4. The summed E-state index contributed by atoms with van der Waals surface area (Å²) in [6, 6.07) is 0. The van der Waals surface area contributed by atoms with E-state index in [2.05, 4.69) is 5.92 Å². The van der Waals surface area contributed by atoms with E-state index in [0.29, 0.717) is 25.7 Å². The van der Waals surface area contributed by atoms with Gasteiger partial charge in [-0.3, -0.25) is 0 Å². The van der Waals surface area contributed by atoms with Gasteiger partial charge in [-0.2, -0.15) is 13.2 Å². The molecule has 2 nitrogen and oxygen atoms in total. The van der Waals surface area contributed by atoms with Gasteiger partial charge in [0, 0.05) is 12.3 Å². The second kappa shape index (κ2) is 5.96. The van der Waals surface area contributed by atoms with Gasteiger partial charge in [0.15, 0.2) is 9.84 Å². The molecule has 18 heavy (non-hydrogen) atoms. The normalized spacial score (nSPS) is 25.7. The minimum Gasteiger partial charge on any atom is -0.229 e. The van der Waals surface area contributed by atoms with Gasteiger partial charge in [0.05, 0.1) is 11.0 Å². The van der Waals surface area contributed by atoms with Gasteiger partial charge in [-0.25, -0.2) is 8.42 Å². The number of alkyl halides is 3. The Balaban J connectivity index is 2.43. The summed E-state index contributed by atoms with van der Waals surface area (Å²) in [5.41, 5.74) is 0. The third-order valence-corrected chi connectivity index (χ3v) is 5.65. The molecular weight excluding hydrogens is 265 g/mol. The van der Waals surface area contributed by atoms with Crippen molar-refractivity contribution in [2.75, 3.05) is 5.75 Å². The zero-order valence-corrected chi connectivity index (χ0v) is 10.9. The summed E-state index contributed by atoms with van der Waals surface area (Å²) in [4.78, 5) is 0. The molecule has 1 rings (SSSR count). The van der Waals surface area contributed by atoms with Gasteiger partial charge in [0.1, 0.15) is 0 Å². The van der Waals surface area contributed by atoms with Gasteiger partial charge in [0.25, 0.3) is 0 Å². The second-order valence-electron chi connectivity index (χ2n) is 4.73. The number of hydrogen-bond donors (Lipinski definition) is 0. The summed E-state index contributed by atoms with van der Waals surface area (Å²) in [5.74, 6) is 2.34. The summed E-state index contributed by atoms with van der Waals surface area (Å²) >= 11 is 0. The first-order valence-corrected chi connectivity index (χ1v) is 7.70. The maximum absolute atomic E-state index is 12.0. The van der Waals surface area contributed by atoms with Crippen molar-refractivity contribution in [3.05, 3.63) is 0 Å². The molecule has 0 saturated heterocycles. The first-order chi connectivity index (χ1) is 8.24. The number of terminal acetylenes is 1. The van der Waals surface area contributed by atoms with E-state index in [9.17, 15) is 21.6 Å². The summed E-state index contributed by atoms with van der Waals surface area (Å²) in [5, 5.41) is -0.504. The van der Waals surface area contributed by atoms with Crippen LogP contribution < -0.4 is 0 Å². The van der Waals surface area contributed by atoms with Crippen molar-refractivity contribution in [3.8, 4) is 12.3 Å². The highest BCUT2D eigenvalue weighted by Crippen LogP contribution is 2.29. The number of hydrogen-bond acceptors (Lipinski definition) is 2. The maximum Gasteiger partial charge on any atom is 0.389 e. The third-order valence-electron chi connectivity index (χ3n) is 3.31. The van der Waals surface area contributed by atoms with Gasteiger partial charge in [0.2, 0.25) is 0 Å². The highest BCUT2D eigenvalue weighted by molar-refractivity contribution is 7.92. The van der Waals surface area contributed by atoms with Crippen LogP contribution in [-0.4, -0.2) is 25.6 Å². The van der Waals surface area contributed by atoms with Crippen LogP contribution in [0, 0.1) is 18.3 Å². The van der Waals surface area contributed by atoms with Crippen molar-refractivity contribution in [2.45, 2.75) is 50.0 Å². The molecule has 0 radical (unpaired) electrons. The topological polar surface area (TPSA) is 34.1 Å². The summed E-state index contributed by atoms with van der Waals surface area (Å²) in [6.07, 6.45) is 1.85. The van der Waals surface area contributed by atoms with Crippen LogP contribution >= 0.6 is 0 Å². The van der Waals surface area contributed by atoms with E-state index in [4.69, 9.17) is 6.42 Å². The Hall–Kier alpha value is -0.700. The fourth-order valence-electron chi connectivity index (χ4n) is 2.23. The Morgan fingerprint density at radius 2 is 1.72 bits per heavy atom. The van der Waals surface area contributed by atoms with Crippen LogP contribution in [0.15, 0.2) is 0 Å². The van der Waals surface area contributed by atoms with Crippen LogP contribution in [0.4, 0.5) is 13.2 Å². The van der Waals surface area contributed by atoms with Gasteiger partial charge < -0.3 is 0 Å². The Kier molecular flexibility index (Phi) is 5.09. The SMILES string of the molecule is C#CC1CCC(S(=O)(=O)CCCC(F)(F)F)CC1. The van der Waals surface area contributed by atoms with E-state index in [0.717, 1.165) is 0 Å². The van der Waals surface area contributed by atoms with Crippen molar-refractivity contribution in [3.63, 3.8) is 0 Å². The molecular formula is C12H17F3O2S. The molecule has 0 atom stereocenters. The Bertz CT molecular complexity index is 398. The van der Waals surface area contributed by atoms with E-state index in [1.165, 1.54) is 0 Å². The lowest BCUT2D eigenvalue weighted by molar-refractivity contribution is -0.134. The summed E-state index contributed by atoms with van der Waals surface area (Å²) < 4.78 is 59.6. The fraction of sp³-hybridized carbons (Fsp3) is 0.833. The molecule has 0 aromatic carbocycles. The lowest BCUT2D eigenvalue weighted by atomic mass is 9.90. The van der Waals surface area contributed by atoms with E-state index in [1.54, 1.807) is 0 Å². The molecule has 1 fully saturated rings. The first-order valence-electron chi connectivity index (χ1n) is 5.99. The second-order valence-corrected chi connectivity index (χ2v) is 7.13. The smallest absolute Gasteiger partial charge is 0.229 e. The van der Waals surface area contributed by atoms with Crippen LogP contribution in [0.1, 0.15) is 38.5 Å². The summed E-state index contributed by atoms with van der Waals surface area (Å²) in [7, 11) is -3.41. The molecule has 0 aliphatic heterocycles. The monoisotopic (exact) mass is 282 g/mol. The van der Waals surface area contributed by atoms with E-state index in [-0.39, 0.29) is 18.1 Å². The minimum absolute atomic E-state index is 0.117. The highest BCUT2D eigenvalue weighted by atomic mass is 32.2. The third kappa shape index (κ3) is 4.89. The van der Waals surface area contributed by atoms with E-state index < -0.39 is 27.7 Å². The molecule has 0 bridgehead atoms. The highest BCUT2D eigenvalue weighted by Gasteiger charge is 2.32. The number of halogens is 3. The van der Waals surface area contributed by atoms with Gasteiger partial charge in [-0.15, -0.1) is 12.3 Å². The molecule has 1 saturated carbocycles. The zero-order chi connectivity index (χ0) is 13.8. The van der Waals surface area contributed by atoms with Crippen LogP contribution in [0.3, 0.4) is 0 Å². The maximum atomic E-state index is 12.0. The lowest BCUT2D eigenvalue weighted by Crippen LogP contribution is -2.29. The van der Waals surface area contributed by atoms with E-state index >= 15 is 0 Å². The largest absolute Gasteiger partial charge is 0.389 e. The Morgan fingerprint density at radius 3 is 2.17 bits per heavy atom. The van der Waals surface area contributed by atoms with Crippen molar-refractivity contribution in [2.24, 2.45) is 5.92 Å². The average molecular weight is 282 g/mol. The van der Waals surface area contributed by atoms with Gasteiger partial charge in [-0.05, 0) is 32.1 Å². The van der Waals surface area contributed by atoms with Gasteiger partial charge in [-0.1, -0.05) is 0 Å². The lowest BCUT2D eigenvalue weighted by Gasteiger charge is -2.25. The van der Waals surface area contributed by atoms with Crippen LogP contribution in [0.5, 0.6) is 0 Å². The standard InChI is InChI=1S/C12H17F3O2S/c1-2-10-4-6-11(7-5-10)18(16,17)9-3-8-12(13,14)15/h1,10-11H,3-9H2. The molecule has 0 amide bonds. The van der Waals surface area contributed by atoms with Gasteiger partial charge >= 0.3 is 6.18 Å². The fourth-order valence-corrected chi connectivity index (χ4v) is 4.10. The predicted molar refractivity (Wildman–Crippen MR) is 63.7 cm³/mol. The number of sulfone groups is 1. The molecule has 1 aliphatic carbocycles. The summed E-state index contributed by atoms with van der Waals surface area (Å²) in [6.45, 7) is 0. The quantitative estimate of drug-likeness (QED) is 0.743. The molecule has 0 spiro atoms. The van der Waals surface area contributed by atoms with Crippen LogP contribution in [0.2, 0.25) is 0 Å². The molecule has 104 valence electrons. The van der Waals surface area contributed by atoms with Crippen molar-refractivity contribution < 1.29 is 21.6 Å². The van der Waals surface area contributed by atoms with Crippen LogP contribution in [-0.2, 0) is 9.84 Å². The first kappa shape index (κ1) is 15.4. The molecule has 1 aliphatic rings. The molecule has 6 heteroatoms. The zero-order valence-electron chi connectivity index (χ0n) is 10.0. The molecule has 0 N–H and O–H groups in total. The molecule has 0 aromatic heterocycles. The van der Waals surface area contributed by atoms with E-state index in [1.807, 2.05) is 0 Å². The Morgan fingerprint density at radius 1 is 1.17 bits per heavy atom. The predicted octanol–water partition coefficient (Wildman–Crippen LogP) is 2.94. The van der Waals surface area contributed by atoms with Crippen molar-refractivity contribution in [1.82, 2.24) is 0 Å². The van der Waals surface area contributed by atoms with Crippen molar-refractivity contribution >= 4 is 9.84 Å². The molecule has 0 heterocycles. The minimum atomic E-state index is -4.28. The Labute approximate surface area is 106 Å². The molecule has 0 unspecified atom stereocenters.